The first-order valence-corrected chi connectivity index (χ1v) is 8.75. The molecule has 0 bridgehead atoms. The van der Waals surface area contributed by atoms with Crippen LogP contribution >= 0.6 is 0 Å². The van der Waals surface area contributed by atoms with E-state index in [1.807, 2.05) is 24.3 Å². The third-order valence-corrected chi connectivity index (χ3v) is 4.67. The van der Waals surface area contributed by atoms with Crippen LogP contribution in [0.4, 0.5) is 0 Å². The minimum Gasteiger partial charge on any atom is -0.494 e. The number of hydrogen-bond donors (Lipinski definition) is 0. The van der Waals surface area contributed by atoms with Gasteiger partial charge in [0.1, 0.15) is 12.0 Å². The van der Waals surface area contributed by atoms with Gasteiger partial charge in [0.2, 0.25) is 0 Å². The lowest BCUT2D eigenvalue weighted by Crippen LogP contribution is -2.41. The predicted molar refractivity (Wildman–Crippen MR) is 101 cm³/mol. The van der Waals surface area contributed by atoms with Gasteiger partial charge in [-0.1, -0.05) is 24.3 Å². The Morgan fingerprint density at radius 2 is 1.48 bits per heavy atom. The fourth-order valence-electron chi connectivity index (χ4n) is 3.34. The highest BCUT2D eigenvalue weighted by Gasteiger charge is 2.32. The van der Waals surface area contributed by atoms with Gasteiger partial charge in [-0.05, 0) is 48.2 Å². The number of ether oxygens (including phenoxy) is 1. The van der Waals surface area contributed by atoms with Crippen molar-refractivity contribution in [2.45, 2.75) is 6.42 Å². The topological polar surface area (TPSA) is 63.7 Å². The van der Waals surface area contributed by atoms with Gasteiger partial charge in [0, 0.05) is 28.6 Å². The summed E-state index contributed by atoms with van der Waals surface area (Å²) in [5.41, 5.74) is 1.71. The lowest BCUT2D eigenvalue weighted by atomic mass is 9.94. The SMILES string of the molecule is O=Cc1ccc(OCCCN2C(=O)c3cccc4cccc(c34)C2=O)cc1. The zero-order chi connectivity index (χ0) is 18.8. The molecule has 3 aromatic carbocycles. The van der Waals surface area contributed by atoms with Gasteiger partial charge in [-0.15, -0.1) is 0 Å². The first-order chi connectivity index (χ1) is 13.2. The molecule has 0 aromatic heterocycles. The zero-order valence-corrected chi connectivity index (χ0v) is 14.6. The summed E-state index contributed by atoms with van der Waals surface area (Å²) in [4.78, 5) is 37.5. The fraction of sp³-hybridized carbons (Fsp3) is 0.136. The van der Waals surface area contributed by atoms with Crippen LogP contribution in [0.5, 0.6) is 5.75 Å². The van der Waals surface area contributed by atoms with Gasteiger partial charge in [-0.25, -0.2) is 0 Å². The average molecular weight is 359 g/mol. The standard InChI is InChI=1S/C22H17NO4/c24-14-15-8-10-17(11-9-15)27-13-3-12-23-21(25)18-6-1-4-16-5-2-7-19(20(16)18)22(23)26/h1-2,4-11,14H,3,12-13H2. The van der Waals surface area contributed by atoms with Crippen molar-refractivity contribution in [3.05, 3.63) is 77.4 Å². The fourth-order valence-corrected chi connectivity index (χ4v) is 3.34. The maximum atomic E-state index is 12.8. The van der Waals surface area contributed by atoms with E-state index in [0.29, 0.717) is 35.5 Å². The molecule has 3 aromatic rings. The maximum Gasteiger partial charge on any atom is 0.261 e. The molecule has 0 unspecified atom stereocenters. The summed E-state index contributed by atoms with van der Waals surface area (Å²) in [6, 6.07) is 17.8. The van der Waals surface area contributed by atoms with Crippen LogP contribution in [-0.4, -0.2) is 36.2 Å². The number of amides is 2. The van der Waals surface area contributed by atoms with Crippen molar-refractivity contribution in [2.24, 2.45) is 0 Å². The van der Waals surface area contributed by atoms with Crippen molar-refractivity contribution in [2.75, 3.05) is 13.2 Å². The molecule has 5 heteroatoms. The molecule has 0 saturated heterocycles. The van der Waals surface area contributed by atoms with Gasteiger partial charge in [0.25, 0.3) is 11.8 Å². The maximum absolute atomic E-state index is 12.8. The lowest BCUT2D eigenvalue weighted by molar-refractivity contribution is 0.0603. The summed E-state index contributed by atoms with van der Waals surface area (Å²) in [6.45, 7) is 0.651. The number of aldehydes is 1. The average Bonchev–Trinajstić information content (AvgIpc) is 2.71. The Hall–Kier alpha value is -3.47. The Morgan fingerprint density at radius 3 is 2.07 bits per heavy atom. The van der Waals surface area contributed by atoms with Crippen LogP contribution < -0.4 is 4.74 Å². The molecule has 1 aliphatic rings. The summed E-state index contributed by atoms with van der Waals surface area (Å²) in [5, 5.41) is 1.63. The Morgan fingerprint density at radius 1 is 0.852 bits per heavy atom. The van der Waals surface area contributed by atoms with Crippen LogP contribution in [0.15, 0.2) is 60.7 Å². The third kappa shape index (κ3) is 3.08. The minimum atomic E-state index is -0.264. The molecular formula is C22H17NO4. The van der Waals surface area contributed by atoms with Crippen molar-refractivity contribution < 1.29 is 19.1 Å². The number of rotatable bonds is 6. The third-order valence-electron chi connectivity index (χ3n) is 4.67. The molecule has 0 atom stereocenters. The molecule has 5 nitrogen and oxygen atoms in total. The second-order valence-electron chi connectivity index (χ2n) is 6.36. The zero-order valence-electron chi connectivity index (χ0n) is 14.6. The Bertz CT molecular complexity index is 989. The van der Waals surface area contributed by atoms with Crippen LogP contribution in [0, 0.1) is 0 Å². The van der Waals surface area contributed by atoms with E-state index in [2.05, 4.69) is 0 Å². The molecule has 1 heterocycles. The molecule has 4 rings (SSSR count). The van der Waals surface area contributed by atoms with Gasteiger partial charge in [-0.2, -0.15) is 0 Å². The first-order valence-electron chi connectivity index (χ1n) is 8.75. The van der Waals surface area contributed by atoms with E-state index >= 15 is 0 Å². The molecule has 1 aliphatic heterocycles. The van der Waals surface area contributed by atoms with E-state index in [4.69, 9.17) is 4.74 Å². The van der Waals surface area contributed by atoms with Gasteiger partial charge in [0.05, 0.1) is 6.61 Å². The number of carbonyl (C=O) groups is 3. The number of benzene rings is 3. The van der Waals surface area contributed by atoms with Crippen LogP contribution in [0.2, 0.25) is 0 Å². The van der Waals surface area contributed by atoms with Crippen molar-refractivity contribution in [1.82, 2.24) is 4.90 Å². The Balaban J connectivity index is 1.44. The van der Waals surface area contributed by atoms with Crippen LogP contribution in [-0.2, 0) is 0 Å². The summed E-state index contributed by atoms with van der Waals surface area (Å²) in [5.74, 6) is 0.117. The van der Waals surface area contributed by atoms with E-state index < -0.39 is 0 Å². The summed E-state index contributed by atoms with van der Waals surface area (Å²) < 4.78 is 5.63. The first kappa shape index (κ1) is 17.0. The van der Waals surface area contributed by atoms with Crippen LogP contribution in [0.3, 0.4) is 0 Å². The molecule has 0 N–H and O–H groups in total. The van der Waals surface area contributed by atoms with Gasteiger partial charge in [0.15, 0.2) is 0 Å². The highest BCUT2D eigenvalue weighted by Crippen LogP contribution is 2.29. The largest absolute Gasteiger partial charge is 0.494 e. The van der Waals surface area contributed by atoms with Crippen molar-refractivity contribution in [3.8, 4) is 5.75 Å². The minimum absolute atomic E-state index is 0.264. The predicted octanol–water partition coefficient (Wildman–Crippen LogP) is 3.72. The smallest absolute Gasteiger partial charge is 0.261 e. The van der Waals surface area contributed by atoms with Gasteiger partial charge < -0.3 is 4.74 Å². The summed E-state index contributed by atoms with van der Waals surface area (Å²) in [6.07, 6.45) is 1.29. The lowest BCUT2D eigenvalue weighted by Gasteiger charge is -2.27. The number of carbonyl (C=O) groups excluding carboxylic acids is 3. The Kier molecular flexibility index (Phi) is 4.42. The van der Waals surface area contributed by atoms with Gasteiger partial charge >= 0.3 is 0 Å². The molecule has 134 valence electrons. The van der Waals surface area contributed by atoms with E-state index in [1.54, 1.807) is 36.4 Å². The molecule has 2 amide bonds. The quantitative estimate of drug-likeness (QED) is 0.382. The second-order valence-corrected chi connectivity index (χ2v) is 6.36. The summed E-state index contributed by atoms with van der Waals surface area (Å²) >= 11 is 0. The van der Waals surface area contributed by atoms with E-state index in [9.17, 15) is 14.4 Å². The molecular weight excluding hydrogens is 342 g/mol. The van der Waals surface area contributed by atoms with E-state index in [1.165, 1.54) is 4.90 Å². The van der Waals surface area contributed by atoms with Crippen molar-refractivity contribution in [1.29, 1.82) is 0 Å². The highest BCUT2D eigenvalue weighted by molar-refractivity contribution is 6.25. The molecule has 0 fully saturated rings. The number of nitrogens with zero attached hydrogens (tertiary/aromatic N) is 1. The van der Waals surface area contributed by atoms with Crippen LogP contribution in [0.1, 0.15) is 37.5 Å². The molecule has 0 radical (unpaired) electrons. The normalized spacial score (nSPS) is 13.1. The van der Waals surface area contributed by atoms with E-state index in [0.717, 1.165) is 17.1 Å². The monoisotopic (exact) mass is 359 g/mol. The molecule has 0 saturated carbocycles. The van der Waals surface area contributed by atoms with Crippen molar-refractivity contribution in [3.63, 3.8) is 0 Å². The van der Waals surface area contributed by atoms with Crippen molar-refractivity contribution >= 4 is 28.9 Å². The number of hydrogen-bond acceptors (Lipinski definition) is 4. The van der Waals surface area contributed by atoms with Crippen LogP contribution in [0.25, 0.3) is 10.8 Å². The van der Waals surface area contributed by atoms with Gasteiger partial charge in [-0.3, -0.25) is 19.3 Å². The second kappa shape index (κ2) is 7.03. The highest BCUT2D eigenvalue weighted by atomic mass is 16.5. The van der Waals surface area contributed by atoms with E-state index in [-0.39, 0.29) is 18.4 Å². The molecule has 27 heavy (non-hydrogen) atoms. The summed E-state index contributed by atoms with van der Waals surface area (Å²) in [7, 11) is 0. The molecule has 0 aliphatic carbocycles. The molecule has 0 spiro atoms. The number of imide groups is 1. The Labute approximate surface area is 156 Å².